The highest BCUT2D eigenvalue weighted by Crippen LogP contribution is 2.23. The molecule has 0 fully saturated rings. The smallest absolute Gasteiger partial charge is 0.287 e. The van der Waals surface area contributed by atoms with Gasteiger partial charge < -0.3 is 19.6 Å². The predicted molar refractivity (Wildman–Crippen MR) is 111 cm³/mol. The lowest BCUT2D eigenvalue weighted by Crippen LogP contribution is -2.29. The van der Waals surface area contributed by atoms with Crippen LogP contribution in [0.1, 0.15) is 31.0 Å². The quantitative estimate of drug-likeness (QED) is 0.415. The molecule has 0 saturated heterocycles. The van der Waals surface area contributed by atoms with Crippen LogP contribution in [0.5, 0.6) is 5.75 Å². The number of nitrogens with zero attached hydrogens (tertiary/aromatic N) is 3. The second kappa shape index (κ2) is 9.88. The molecule has 154 valence electrons. The third kappa shape index (κ3) is 5.03. The number of aromatic nitrogens is 3. The second-order valence-electron chi connectivity index (χ2n) is 6.58. The zero-order valence-corrected chi connectivity index (χ0v) is 17.0. The van der Waals surface area contributed by atoms with Gasteiger partial charge in [0.1, 0.15) is 18.7 Å². The summed E-state index contributed by atoms with van der Waals surface area (Å²) >= 11 is 0. The van der Waals surface area contributed by atoms with E-state index in [2.05, 4.69) is 22.2 Å². The van der Waals surface area contributed by atoms with Gasteiger partial charge in [-0.25, -0.2) is 9.97 Å². The summed E-state index contributed by atoms with van der Waals surface area (Å²) in [6.07, 6.45) is 3.29. The second-order valence-corrected chi connectivity index (χ2v) is 6.58. The largest absolute Gasteiger partial charge is 0.468 e. The van der Waals surface area contributed by atoms with E-state index in [0.29, 0.717) is 24.5 Å². The van der Waals surface area contributed by atoms with Gasteiger partial charge in [-0.3, -0.25) is 4.79 Å². The molecule has 1 aromatic carbocycles. The molecule has 0 spiro atoms. The van der Waals surface area contributed by atoms with Gasteiger partial charge in [-0.1, -0.05) is 25.5 Å². The summed E-state index contributed by atoms with van der Waals surface area (Å²) in [4.78, 5) is 26.9. The number of methoxy groups -OCH3 is 1. The normalized spacial score (nSPS) is 10.9. The number of ether oxygens (including phenoxy) is 2. The Bertz CT molecular complexity index is 1000. The van der Waals surface area contributed by atoms with E-state index in [4.69, 9.17) is 14.3 Å². The Morgan fingerprint density at radius 3 is 2.69 bits per heavy atom. The van der Waals surface area contributed by atoms with E-state index in [-0.39, 0.29) is 12.4 Å². The van der Waals surface area contributed by atoms with Gasteiger partial charge in [0.25, 0.3) is 5.56 Å². The van der Waals surface area contributed by atoms with Crippen molar-refractivity contribution in [2.75, 3.05) is 25.8 Å². The van der Waals surface area contributed by atoms with Gasteiger partial charge in [0.15, 0.2) is 12.4 Å². The number of aryl methyl sites for hydroxylation is 1. The fourth-order valence-corrected chi connectivity index (χ4v) is 2.88. The average Bonchev–Trinajstić information content (AvgIpc) is 2.73. The van der Waals surface area contributed by atoms with Crippen LogP contribution in [0.15, 0.2) is 41.5 Å². The van der Waals surface area contributed by atoms with Crippen LogP contribution in [-0.2, 0) is 11.3 Å². The minimum atomic E-state index is -0.266. The number of unbranched alkanes of at least 4 members (excludes halogenated alkanes) is 1. The lowest BCUT2D eigenvalue weighted by atomic mass is 10.2. The van der Waals surface area contributed by atoms with Crippen molar-refractivity contribution < 1.29 is 14.3 Å². The molecule has 29 heavy (non-hydrogen) atoms. The van der Waals surface area contributed by atoms with E-state index in [1.807, 2.05) is 31.2 Å². The van der Waals surface area contributed by atoms with Crippen molar-refractivity contribution in [1.29, 1.82) is 0 Å². The van der Waals surface area contributed by atoms with E-state index in [0.717, 1.165) is 35.2 Å². The monoisotopic (exact) mass is 398 g/mol. The maximum atomic E-state index is 12.6. The van der Waals surface area contributed by atoms with Crippen molar-refractivity contribution in [3.05, 3.63) is 58.3 Å². The molecule has 2 aromatic heterocycles. The van der Waals surface area contributed by atoms with E-state index in [1.165, 1.54) is 17.1 Å². The highest BCUT2D eigenvalue weighted by molar-refractivity contribution is 5.90. The van der Waals surface area contributed by atoms with Gasteiger partial charge in [0, 0.05) is 19.7 Å². The van der Waals surface area contributed by atoms with E-state index >= 15 is 0 Å². The Hall–Kier alpha value is -3.13. The summed E-state index contributed by atoms with van der Waals surface area (Å²) in [5.74, 6) is 0.733. The molecule has 3 aromatic rings. The minimum absolute atomic E-state index is 0.208. The summed E-state index contributed by atoms with van der Waals surface area (Å²) in [6, 6.07) is 9.20. The number of anilines is 1. The molecule has 1 N–H and O–H groups in total. The summed E-state index contributed by atoms with van der Waals surface area (Å²) < 4.78 is 11.6. The summed E-state index contributed by atoms with van der Waals surface area (Å²) in [5, 5.41) is 4.10. The van der Waals surface area contributed by atoms with Gasteiger partial charge in [-0.05, 0) is 31.0 Å². The number of fused-ring (bicyclic) bond motifs is 1. The number of hydrogen-bond acceptors (Lipinski definition) is 7. The maximum Gasteiger partial charge on any atom is 0.287 e. The molecule has 0 bridgehead atoms. The first kappa shape index (κ1) is 20.6. The van der Waals surface area contributed by atoms with Crippen molar-refractivity contribution in [3.63, 3.8) is 0 Å². The Morgan fingerprint density at radius 2 is 1.97 bits per heavy atom. The van der Waals surface area contributed by atoms with Crippen LogP contribution in [0.3, 0.4) is 0 Å². The Morgan fingerprint density at radius 1 is 1.17 bits per heavy atom. The maximum absolute atomic E-state index is 12.6. The van der Waals surface area contributed by atoms with Crippen LogP contribution in [-0.4, -0.2) is 35.2 Å². The first-order chi connectivity index (χ1) is 14.1. The molecule has 2 heterocycles. The summed E-state index contributed by atoms with van der Waals surface area (Å²) in [7, 11) is 1.58. The molecule has 3 rings (SSSR count). The van der Waals surface area contributed by atoms with Crippen LogP contribution >= 0.6 is 0 Å². The van der Waals surface area contributed by atoms with E-state index in [1.54, 1.807) is 7.11 Å². The Kier molecular flexibility index (Phi) is 7.02. The number of hydrogen-bond donors (Lipinski definition) is 1. The molecule has 0 aliphatic heterocycles. The van der Waals surface area contributed by atoms with E-state index < -0.39 is 0 Å². The number of benzene rings is 1. The molecule has 8 nitrogen and oxygen atoms in total. The highest BCUT2D eigenvalue weighted by atomic mass is 16.7. The molecule has 0 radical (unpaired) electrons. The Labute approximate surface area is 169 Å². The van der Waals surface area contributed by atoms with Gasteiger partial charge in [-0.15, -0.1) is 4.73 Å². The average molecular weight is 398 g/mol. The molecule has 0 aliphatic carbocycles. The predicted octanol–water partition coefficient (Wildman–Crippen LogP) is 2.92. The zero-order chi connectivity index (χ0) is 20.6. The fourth-order valence-electron chi connectivity index (χ4n) is 2.88. The number of rotatable bonds is 10. The first-order valence-corrected chi connectivity index (χ1v) is 9.59. The minimum Gasteiger partial charge on any atom is -0.468 e. The van der Waals surface area contributed by atoms with Crippen LogP contribution in [0.2, 0.25) is 0 Å². The van der Waals surface area contributed by atoms with Gasteiger partial charge in [-0.2, -0.15) is 0 Å². The molecular weight excluding hydrogens is 372 g/mol. The zero-order valence-electron chi connectivity index (χ0n) is 17.0. The van der Waals surface area contributed by atoms with Crippen LogP contribution in [0.25, 0.3) is 11.0 Å². The van der Waals surface area contributed by atoms with Crippen LogP contribution in [0, 0.1) is 6.92 Å². The molecule has 0 atom stereocenters. The molecular formula is C21H26N4O4. The first-order valence-electron chi connectivity index (χ1n) is 9.59. The molecule has 0 unspecified atom stereocenters. The molecule has 8 heteroatoms. The van der Waals surface area contributed by atoms with E-state index in [9.17, 15) is 4.79 Å². The molecule has 0 aliphatic rings. The highest BCUT2D eigenvalue weighted by Gasteiger charge is 2.14. The summed E-state index contributed by atoms with van der Waals surface area (Å²) in [5.41, 5.74) is 2.69. The lowest BCUT2D eigenvalue weighted by molar-refractivity contribution is 0.0511. The summed E-state index contributed by atoms with van der Waals surface area (Å²) in [6.45, 7) is 5.16. The van der Waals surface area contributed by atoms with Crippen molar-refractivity contribution in [2.24, 2.45) is 0 Å². The standard InChI is InChI=1S/C21H26N4O4/c1-4-5-10-29-25-19(26)11-18(20-15(2)23-13-24-21(20)25)22-12-16-6-8-17(9-7-16)28-14-27-3/h6-9,11,13,22H,4-5,10,12,14H2,1-3H3. The van der Waals surface area contributed by atoms with Crippen LogP contribution in [0.4, 0.5) is 5.69 Å². The fraction of sp³-hybridized carbons (Fsp3) is 0.381. The number of pyridine rings is 1. The lowest BCUT2D eigenvalue weighted by Gasteiger charge is -2.15. The van der Waals surface area contributed by atoms with Crippen molar-refractivity contribution in [3.8, 4) is 5.75 Å². The van der Waals surface area contributed by atoms with Gasteiger partial charge >= 0.3 is 0 Å². The molecule has 0 amide bonds. The molecule has 0 saturated carbocycles. The number of nitrogens with one attached hydrogen (secondary N) is 1. The third-order valence-electron chi connectivity index (χ3n) is 4.41. The Balaban J connectivity index is 1.84. The topological polar surface area (TPSA) is 87.5 Å². The van der Waals surface area contributed by atoms with Gasteiger partial charge in [0.05, 0.1) is 16.8 Å². The van der Waals surface area contributed by atoms with Crippen molar-refractivity contribution >= 4 is 16.7 Å². The van der Waals surface area contributed by atoms with Crippen molar-refractivity contribution in [1.82, 2.24) is 14.7 Å². The third-order valence-corrected chi connectivity index (χ3v) is 4.41. The van der Waals surface area contributed by atoms with Crippen LogP contribution < -0.4 is 20.5 Å². The van der Waals surface area contributed by atoms with Gasteiger partial charge in [0.2, 0.25) is 0 Å². The SMILES string of the molecule is CCCCOn1c(=O)cc(NCc2ccc(OCOC)cc2)c2c(C)ncnc21. The van der Waals surface area contributed by atoms with Crippen molar-refractivity contribution in [2.45, 2.75) is 33.2 Å².